The van der Waals surface area contributed by atoms with Gasteiger partial charge in [0.2, 0.25) is 5.91 Å². The van der Waals surface area contributed by atoms with E-state index in [9.17, 15) is 4.79 Å². The minimum absolute atomic E-state index is 0.0930. The third-order valence-electron chi connectivity index (χ3n) is 3.02. The van der Waals surface area contributed by atoms with Gasteiger partial charge in [-0.05, 0) is 31.5 Å². The number of carbonyl (C=O) groups excluding carboxylic acids is 1. The zero-order valence-electron chi connectivity index (χ0n) is 11.0. The highest BCUT2D eigenvalue weighted by atomic mass is 16.3. The molecule has 0 saturated carbocycles. The second-order valence-electron chi connectivity index (χ2n) is 4.74. The number of aryl methyl sites for hydroxylation is 1. The lowest BCUT2D eigenvalue weighted by atomic mass is 9.84. The molecule has 0 atom stereocenters. The van der Waals surface area contributed by atoms with Gasteiger partial charge in [-0.2, -0.15) is 0 Å². The van der Waals surface area contributed by atoms with Crippen LogP contribution in [-0.2, 0) is 10.2 Å². The maximum absolute atomic E-state index is 12.0. The second-order valence-corrected chi connectivity index (χ2v) is 4.74. The zero-order chi connectivity index (χ0) is 13.3. The number of benzene rings is 1. The molecule has 0 fully saturated rings. The Labute approximate surface area is 106 Å². The molecule has 18 heavy (non-hydrogen) atoms. The SMILES string of the molecule is CNNC(=O)C(C)(C)c1ccc2oc(C)nc2c1. The monoisotopic (exact) mass is 247 g/mol. The Bertz CT molecular complexity index is 587. The molecule has 5 nitrogen and oxygen atoms in total. The number of hydrazine groups is 1. The number of nitrogens with one attached hydrogen (secondary N) is 2. The van der Waals surface area contributed by atoms with Crippen LogP contribution >= 0.6 is 0 Å². The van der Waals surface area contributed by atoms with Crippen LogP contribution in [0.2, 0.25) is 0 Å². The smallest absolute Gasteiger partial charge is 0.244 e. The number of hydrogen-bond donors (Lipinski definition) is 2. The Balaban J connectivity index is 2.43. The molecule has 0 aliphatic heterocycles. The first-order chi connectivity index (χ1) is 8.45. The average Bonchev–Trinajstić information content (AvgIpc) is 2.68. The maximum atomic E-state index is 12.0. The molecule has 2 aromatic rings. The molecular weight excluding hydrogens is 230 g/mol. The first-order valence-electron chi connectivity index (χ1n) is 5.80. The van der Waals surface area contributed by atoms with E-state index < -0.39 is 5.41 Å². The molecule has 1 amide bonds. The van der Waals surface area contributed by atoms with Crippen molar-refractivity contribution in [1.82, 2.24) is 15.8 Å². The van der Waals surface area contributed by atoms with Crippen molar-refractivity contribution in [3.63, 3.8) is 0 Å². The summed E-state index contributed by atoms with van der Waals surface area (Å²) in [6.45, 7) is 5.54. The first kappa shape index (κ1) is 12.6. The lowest BCUT2D eigenvalue weighted by Gasteiger charge is -2.23. The number of oxazole rings is 1. The fourth-order valence-electron chi connectivity index (χ4n) is 1.83. The van der Waals surface area contributed by atoms with Gasteiger partial charge < -0.3 is 4.42 Å². The molecule has 5 heteroatoms. The van der Waals surface area contributed by atoms with Crippen LogP contribution in [0, 0.1) is 6.92 Å². The fourth-order valence-corrected chi connectivity index (χ4v) is 1.83. The van der Waals surface area contributed by atoms with Crippen molar-refractivity contribution in [3.8, 4) is 0 Å². The van der Waals surface area contributed by atoms with Gasteiger partial charge in [0.1, 0.15) is 5.52 Å². The Kier molecular flexibility index (Phi) is 3.09. The number of aromatic nitrogens is 1. The van der Waals surface area contributed by atoms with E-state index in [0.29, 0.717) is 5.89 Å². The van der Waals surface area contributed by atoms with Gasteiger partial charge in [0.15, 0.2) is 11.5 Å². The summed E-state index contributed by atoms with van der Waals surface area (Å²) in [6.07, 6.45) is 0. The number of amides is 1. The summed E-state index contributed by atoms with van der Waals surface area (Å²) in [5, 5.41) is 0. The van der Waals surface area contributed by atoms with E-state index in [0.717, 1.165) is 16.7 Å². The summed E-state index contributed by atoms with van der Waals surface area (Å²) >= 11 is 0. The molecule has 1 heterocycles. The third kappa shape index (κ3) is 2.09. The molecule has 2 rings (SSSR count). The van der Waals surface area contributed by atoms with E-state index in [2.05, 4.69) is 15.8 Å². The Morgan fingerprint density at radius 1 is 1.39 bits per heavy atom. The summed E-state index contributed by atoms with van der Waals surface area (Å²) < 4.78 is 5.42. The van der Waals surface area contributed by atoms with Crippen LogP contribution in [0.1, 0.15) is 25.3 Å². The lowest BCUT2D eigenvalue weighted by Crippen LogP contribution is -2.45. The molecule has 0 unspecified atom stereocenters. The van der Waals surface area contributed by atoms with Crippen LogP contribution in [0.3, 0.4) is 0 Å². The molecule has 0 bridgehead atoms. The van der Waals surface area contributed by atoms with Gasteiger partial charge >= 0.3 is 0 Å². The van der Waals surface area contributed by atoms with Crippen molar-refractivity contribution in [2.45, 2.75) is 26.2 Å². The highest BCUT2D eigenvalue weighted by Gasteiger charge is 2.30. The van der Waals surface area contributed by atoms with Crippen LogP contribution < -0.4 is 10.9 Å². The second kappa shape index (κ2) is 4.42. The minimum atomic E-state index is -0.635. The first-order valence-corrected chi connectivity index (χ1v) is 5.80. The summed E-state index contributed by atoms with van der Waals surface area (Å²) in [5.41, 5.74) is 7.03. The third-order valence-corrected chi connectivity index (χ3v) is 3.02. The van der Waals surface area contributed by atoms with Crippen LogP contribution in [-0.4, -0.2) is 17.9 Å². The highest BCUT2D eigenvalue weighted by molar-refractivity contribution is 5.88. The predicted octanol–water partition coefficient (Wildman–Crippen LogP) is 1.66. The standard InChI is InChI=1S/C13H17N3O2/c1-8-15-10-7-9(5-6-11(10)18-8)13(2,3)12(17)16-14-4/h5-7,14H,1-4H3,(H,16,17). The molecule has 1 aromatic heterocycles. The molecule has 96 valence electrons. The zero-order valence-corrected chi connectivity index (χ0v) is 11.0. The molecule has 1 aromatic carbocycles. The van der Waals surface area contributed by atoms with Crippen LogP contribution in [0.15, 0.2) is 22.6 Å². The van der Waals surface area contributed by atoms with Crippen molar-refractivity contribution in [3.05, 3.63) is 29.7 Å². The number of carbonyl (C=O) groups is 1. The molecule has 2 N–H and O–H groups in total. The van der Waals surface area contributed by atoms with E-state index in [1.807, 2.05) is 32.0 Å². The van der Waals surface area contributed by atoms with Gasteiger partial charge in [-0.25, -0.2) is 10.4 Å². The number of fused-ring (bicyclic) bond motifs is 1. The van der Waals surface area contributed by atoms with Gasteiger partial charge in [0.25, 0.3) is 0 Å². The summed E-state index contributed by atoms with van der Waals surface area (Å²) in [6, 6.07) is 5.63. The van der Waals surface area contributed by atoms with E-state index >= 15 is 0 Å². The van der Waals surface area contributed by atoms with Gasteiger partial charge in [-0.15, -0.1) is 0 Å². The van der Waals surface area contributed by atoms with Crippen molar-refractivity contribution in [1.29, 1.82) is 0 Å². The van der Waals surface area contributed by atoms with Crippen molar-refractivity contribution in [2.75, 3.05) is 7.05 Å². The molecule has 0 aliphatic carbocycles. The normalized spacial score (nSPS) is 11.8. The predicted molar refractivity (Wildman–Crippen MR) is 69.0 cm³/mol. The van der Waals surface area contributed by atoms with E-state index in [-0.39, 0.29) is 5.91 Å². The van der Waals surface area contributed by atoms with E-state index in [1.54, 1.807) is 14.0 Å². The summed E-state index contributed by atoms with van der Waals surface area (Å²) in [5.74, 6) is 0.532. The quantitative estimate of drug-likeness (QED) is 0.809. The molecule has 0 saturated heterocycles. The maximum Gasteiger partial charge on any atom is 0.244 e. The van der Waals surface area contributed by atoms with Crippen molar-refractivity contribution < 1.29 is 9.21 Å². The van der Waals surface area contributed by atoms with Crippen LogP contribution in [0.25, 0.3) is 11.1 Å². The van der Waals surface area contributed by atoms with Gasteiger partial charge in [0.05, 0.1) is 5.41 Å². The largest absolute Gasteiger partial charge is 0.441 e. The van der Waals surface area contributed by atoms with Gasteiger partial charge in [-0.1, -0.05) is 6.07 Å². The number of rotatable bonds is 3. The van der Waals surface area contributed by atoms with Crippen LogP contribution in [0.5, 0.6) is 0 Å². The molecule has 0 radical (unpaired) electrons. The summed E-state index contributed by atoms with van der Waals surface area (Å²) in [7, 11) is 1.66. The van der Waals surface area contributed by atoms with Crippen molar-refractivity contribution in [2.24, 2.45) is 0 Å². The van der Waals surface area contributed by atoms with Crippen molar-refractivity contribution >= 4 is 17.0 Å². The average molecular weight is 247 g/mol. The van der Waals surface area contributed by atoms with Crippen LogP contribution in [0.4, 0.5) is 0 Å². The molecule has 0 aliphatic rings. The lowest BCUT2D eigenvalue weighted by molar-refractivity contribution is -0.126. The van der Waals surface area contributed by atoms with Gasteiger partial charge in [-0.3, -0.25) is 10.2 Å². The van der Waals surface area contributed by atoms with Gasteiger partial charge in [0, 0.05) is 14.0 Å². The topological polar surface area (TPSA) is 67.2 Å². The number of nitrogens with zero attached hydrogens (tertiary/aromatic N) is 1. The Morgan fingerprint density at radius 2 is 2.11 bits per heavy atom. The van der Waals surface area contributed by atoms with E-state index in [1.165, 1.54) is 0 Å². The fraction of sp³-hybridized carbons (Fsp3) is 0.385. The summed E-state index contributed by atoms with van der Waals surface area (Å²) in [4.78, 5) is 16.3. The number of hydrogen-bond acceptors (Lipinski definition) is 4. The van der Waals surface area contributed by atoms with E-state index in [4.69, 9.17) is 4.42 Å². The Hall–Kier alpha value is -1.88. The Morgan fingerprint density at radius 3 is 2.78 bits per heavy atom. The molecular formula is C13H17N3O2. The highest BCUT2D eigenvalue weighted by Crippen LogP contribution is 2.27. The molecule has 0 spiro atoms. The minimum Gasteiger partial charge on any atom is -0.441 e.